The minimum atomic E-state index is 0.713. The quantitative estimate of drug-likeness (QED) is 0.877. The molecule has 102 valence electrons. The van der Waals surface area contributed by atoms with Crippen LogP contribution in [0.4, 0.5) is 5.13 Å². The summed E-state index contributed by atoms with van der Waals surface area (Å²) in [6.07, 6.45) is 1.24. The van der Waals surface area contributed by atoms with Crippen molar-refractivity contribution >= 4 is 16.5 Å². The maximum atomic E-state index is 4.20. The summed E-state index contributed by atoms with van der Waals surface area (Å²) >= 11 is 1.65. The van der Waals surface area contributed by atoms with E-state index in [9.17, 15) is 0 Å². The van der Waals surface area contributed by atoms with Gasteiger partial charge in [0.15, 0.2) is 0 Å². The molecule has 0 saturated carbocycles. The lowest BCUT2D eigenvalue weighted by molar-refractivity contribution is 0.0962. The minimum absolute atomic E-state index is 0.713. The molecule has 18 heavy (non-hydrogen) atoms. The van der Waals surface area contributed by atoms with Gasteiger partial charge in [0.2, 0.25) is 5.13 Å². The Kier molecular flexibility index (Phi) is 4.91. The van der Waals surface area contributed by atoms with E-state index >= 15 is 0 Å². The SMILES string of the molecule is CCC(C)N1CCN(Cc2nnc(NC)s2)CC1. The second kappa shape index (κ2) is 6.45. The minimum Gasteiger partial charge on any atom is -0.363 e. The molecule has 1 unspecified atom stereocenters. The fourth-order valence-electron chi connectivity index (χ4n) is 2.23. The molecule has 1 atom stereocenters. The number of anilines is 1. The van der Waals surface area contributed by atoms with Gasteiger partial charge < -0.3 is 5.32 Å². The summed E-state index contributed by atoms with van der Waals surface area (Å²) in [6.45, 7) is 10.1. The van der Waals surface area contributed by atoms with Gasteiger partial charge >= 0.3 is 0 Å². The van der Waals surface area contributed by atoms with Crippen LogP contribution in [0.2, 0.25) is 0 Å². The number of hydrogen-bond acceptors (Lipinski definition) is 6. The van der Waals surface area contributed by atoms with Crippen LogP contribution >= 0.6 is 11.3 Å². The second-order valence-electron chi connectivity index (χ2n) is 4.82. The standard InChI is InChI=1S/C12H23N5S/c1-4-10(2)17-7-5-16(6-8-17)9-11-14-15-12(13-3)18-11/h10H,4-9H2,1-3H3,(H,13,15). The van der Waals surface area contributed by atoms with Gasteiger partial charge in [0.1, 0.15) is 5.01 Å². The number of aromatic nitrogens is 2. The van der Waals surface area contributed by atoms with E-state index in [2.05, 4.69) is 39.2 Å². The van der Waals surface area contributed by atoms with Crippen molar-refractivity contribution < 1.29 is 0 Å². The lowest BCUT2D eigenvalue weighted by Gasteiger charge is -2.37. The summed E-state index contributed by atoms with van der Waals surface area (Å²) in [5, 5.41) is 13.3. The Morgan fingerprint density at radius 1 is 1.28 bits per heavy atom. The van der Waals surface area contributed by atoms with Gasteiger partial charge in [0.05, 0.1) is 6.54 Å². The molecule has 1 saturated heterocycles. The Morgan fingerprint density at radius 3 is 2.56 bits per heavy atom. The Bertz CT molecular complexity index is 359. The monoisotopic (exact) mass is 269 g/mol. The summed E-state index contributed by atoms with van der Waals surface area (Å²) in [6, 6.07) is 0.713. The normalized spacial score (nSPS) is 19.9. The van der Waals surface area contributed by atoms with Crippen molar-refractivity contribution in [1.82, 2.24) is 20.0 Å². The van der Waals surface area contributed by atoms with Crippen LogP contribution < -0.4 is 5.32 Å². The molecule has 0 aliphatic carbocycles. The van der Waals surface area contributed by atoms with E-state index in [0.29, 0.717) is 6.04 Å². The Morgan fingerprint density at radius 2 is 2.00 bits per heavy atom. The molecule has 0 aromatic carbocycles. The average molecular weight is 269 g/mol. The third-order valence-corrected chi connectivity index (χ3v) is 4.59. The zero-order valence-corrected chi connectivity index (χ0v) is 12.3. The zero-order chi connectivity index (χ0) is 13.0. The van der Waals surface area contributed by atoms with E-state index in [-0.39, 0.29) is 0 Å². The van der Waals surface area contributed by atoms with Gasteiger partial charge in [-0.3, -0.25) is 9.80 Å². The molecule has 1 fully saturated rings. The summed E-state index contributed by atoms with van der Waals surface area (Å²) in [5.74, 6) is 0. The predicted molar refractivity (Wildman–Crippen MR) is 76.1 cm³/mol. The Labute approximate surface area is 113 Å². The molecule has 6 heteroatoms. The van der Waals surface area contributed by atoms with Crippen LogP contribution in [0, 0.1) is 0 Å². The van der Waals surface area contributed by atoms with E-state index in [1.807, 2.05) is 7.05 Å². The van der Waals surface area contributed by atoms with Crippen molar-refractivity contribution in [2.24, 2.45) is 0 Å². The molecular formula is C12H23N5S. The van der Waals surface area contributed by atoms with Crippen LogP contribution in [-0.2, 0) is 6.54 Å². The molecule has 1 aromatic heterocycles. The van der Waals surface area contributed by atoms with Crippen LogP contribution in [0.5, 0.6) is 0 Å². The van der Waals surface area contributed by atoms with Crippen molar-refractivity contribution in [3.8, 4) is 0 Å². The lowest BCUT2D eigenvalue weighted by Crippen LogP contribution is -2.48. The highest BCUT2D eigenvalue weighted by molar-refractivity contribution is 7.15. The maximum Gasteiger partial charge on any atom is 0.205 e. The summed E-state index contributed by atoms with van der Waals surface area (Å²) in [7, 11) is 1.88. The van der Waals surface area contributed by atoms with Gasteiger partial charge in [-0.2, -0.15) is 0 Å². The third-order valence-electron chi connectivity index (χ3n) is 3.66. The van der Waals surface area contributed by atoms with Gasteiger partial charge in [-0.15, -0.1) is 10.2 Å². The summed E-state index contributed by atoms with van der Waals surface area (Å²) in [4.78, 5) is 5.05. The largest absolute Gasteiger partial charge is 0.363 e. The van der Waals surface area contributed by atoms with Gasteiger partial charge in [0, 0.05) is 39.3 Å². The van der Waals surface area contributed by atoms with Crippen molar-refractivity contribution in [2.45, 2.75) is 32.9 Å². The third kappa shape index (κ3) is 3.40. The number of nitrogens with zero attached hydrogens (tertiary/aromatic N) is 4. The zero-order valence-electron chi connectivity index (χ0n) is 11.5. The molecule has 1 aliphatic heterocycles. The van der Waals surface area contributed by atoms with Gasteiger partial charge in [-0.05, 0) is 13.3 Å². The Hall–Kier alpha value is -0.720. The van der Waals surface area contributed by atoms with E-state index in [1.54, 1.807) is 11.3 Å². The first-order chi connectivity index (χ1) is 8.72. The predicted octanol–water partition coefficient (Wildman–Crippen LogP) is 1.50. The number of rotatable bonds is 5. The van der Waals surface area contributed by atoms with Crippen molar-refractivity contribution in [2.75, 3.05) is 38.5 Å². The molecule has 0 radical (unpaired) electrons. The van der Waals surface area contributed by atoms with Crippen LogP contribution in [0.15, 0.2) is 0 Å². The van der Waals surface area contributed by atoms with Gasteiger partial charge in [-0.25, -0.2) is 0 Å². The van der Waals surface area contributed by atoms with Crippen LogP contribution in [0.3, 0.4) is 0 Å². The first-order valence-corrected chi connectivity index (χ1v) is 7.51. The van der Waals surface area contributed by atoms with Crippen molar-refractivity contribution in [3.05, 3.63) is 5.01 Å². The van der Waals surface area contributed by atoms with E-state index in [1.165, 1.54) is 19.5 Å². The molecular weight excluding hydrogens is 246 g/mol. The molecule has 1 N–H and O–H groups in total. The highest BCUT2D eigenvalue weighted by atomic mass is 32.1. The van der Waals surface area contributed by atoms with Crippen molar-refractivity contribution in [1.29, 1.82) is 0 Å². The highest BCUT2D eigenvalue weighted by Gasteiger charge is 2.20. The molecule has 2 heterocycles. The lowest BCUT2D eigenvalue weighted by atomic mass is 10.2. The fourth-order valence-corrected chi connectivity index (χ4v) is 2.97. The van der Waals surface area contributed by atoms with Gasteiger partial charge in [-0.1, -0.05) is 18.3 Å². The average Bonchev–Trinajstić information content (AvgIpc) is 2.86. The molecule has 0 bridgehead atoms. The first kappa shape index (κ1) is 13.7. The van der Waals surface area contributed by atoms with Crippen LogP contribution in [0.1, 0.15) is 25.3 Å². The molecule has 2 rings (SSSR count). The molecule has 5 nitrogen and oxygen atoms in total. The molecule has 1 aliphatic rings. The highest BCUT2D eigenvalue weighted by Crippen LogP contribution is 2.17. The fraction of sp³-hybridized carbons (Fsp3) is 0.833. The van der Waals surface area contributed by atoms with Crippen LogP contribution in [-0.4, -0.2) is 59.3 Å². The van der Waals surface area contributed by atoms with E-state index < -0.39 is 0 Å². The number of nitrogens with one attached hydrogen (secondary N) is 1. The van der Waals surface area contributed by atoms with E-state index in [4.69, 9.17) is 0 Å². The number of piperazine rings is 1. The maximum absolute atomic E-state index is 4.20. The first-order valence-electron chi connectivity index (χ1n) is 6.69. The smallest absolute Gasteiger partial charge is 0.205 e. The molecule has 1 aromatic rings. The Balaban J connectivity index is 1.79. The van der Waals surface area contributed by atoms with Crippen LogP contribution in [0.25, 0.3) is 0 Å². The molecule has 0 spiro atoms. The second-order valence-corrected chi connectivity index (χ2v) is 5.88. The molecule has 0 amide bonds. The van der Waals surface area contributed by atoms with Gasteiger partial charge in [0.25, 0.3) is 0 Å². The van der Waals surface area contributed by atoms with E-state index in [0.717, 1.165) is 29.8 Å². The summed E-state index contributed by atoms with van der Waals surface area (Å²) < 4.78 is 0. The number of hydrogen-bond donors (Lipinski definition) is 1. The van der Waals surface area contributed by atoms with Crippen molar-refractivity contribution in [3.63, 3.8) is 0 Å². The summed E-state index contributed by atoms with van der Waals surface area (Å²) in [5.41, 5.74) is 0. The topological polar surface area (TPSA) is 44.3 Å².